The molecule has 6 heteroatoms. The van der Waals surface area contributed by atoms with Gasteiger partial charge in [-0.15, -0.1) is 0 Å². The normalized spacial score (nSPS) is 9.42. The van der Waals surface area contributed by atoms with E-state index in [0.717, 1.165) is 10.8 Å². The summed E-state index contributed by atoms with van der Waals surface area (Å²) in [5.74, 6) is -1.02. The van der Waals surface area contributed by atoms with Crippen molar-refractivity contribution in [2.45, 2.75) is 6.54 Å². The van der Waals surface area contributed by atoms with Crippen molar-refractivity contribution in [2.75, 3.05) is 0 Å². The smallest absolute Gasteiger partial charge is 0.267 e. The highest BCUT2D eigenvalue weighted by atomic mass is 35.5. The number of aromatic nitrogens is 2. The standard InChI is InChI=1S/C6H3ClFN3O/c7-6-10-3-4(8)5(12)11(6)2-1-9/h3H,2H2. The molecule has 0 radical (unpaired) electrons. The van der Waals surface area contributed by atoms with E-state index < -0.39 is 11.4 Å². The highest BCUT2D eigenvalue weighted by molar-refractivity contribution is 6.28. The molecule has 0 aliphatic carbocycles. The van der Waals surface area contributed by atoms with Gasteiger partial charge in [-0.25, -0.2) is 4.98 Å². The van der Waals surface area contributed by atoms with Gasteiger partial charge in [-0.1, -0.05) is 0 Å². The van der Waals surface area contributed by atoms with E-state index in [4.69, 9.17) is 16.9 Å². The minimum atomic E-state index is -1.02. The Balaban J connectivity index is 3.35. The van der Waals surface area contributed by atoms with Crippen LogP contribution in [0.15, 0.2) is 11.0 Å². The molecule has 0 atom stereocenters. The van der Waals surface area contributed by atoms with E-state index in [1.54, 1.807) is 6.07 Å². The Bertz CT molecular complexity index is 395. The summed E-state index contributed by atoms with van der Waals surface area (Å²) in [5, 5.41) is 8.05. The minimum Gasteiger partial charge on any atom is -0.267 e. The number of hydrogen-bond donors (Lipinski definition) is 0. The Labute approximate surface area is 71.8 Å². The molecular formula is C6H3ClFN3O. The quantitative estimate of drug-likeness (QED) is 0.604. The molecule has 0 unspecified atom stereocenters. The fraction of sp³-hybridized carbons (Fsp3) is 0.167. The molecule has 1 aromatic heterocycles. The monoisotopic (exact) mass is 187 g/mol. The summed E-state index contributed by atoms with van der Waals surface area (Å²) in [6, 6.07) is 1.66. The largest absolute Gasteiger partial charge is 0.291 e. The molecule has 0 amide bonds. The van der Waals surface area contributed by atoms with E-state index in [9.17, 15) is 9.18 Å². The van der Waals surface area contributed by atoms with Crippen LogP contribution in [0, 0.1) is 17.1 Å². The summed E-state index contributed by atoms with van der Waals surface area (Å²) < 4.78 is 13.3. The lowest BCUT2D eigenvalue weighted by Crippen LogP contribution is -2.24. The van der Waals surface area contributed by atoms with Crippen LogP contribution in [0.2, 0.25) is 5.28 Å². The number of nitriles is 1. The van der Waals surface area contributed by atoms with Crippen molar-refractivity contribution in [1.82, 2.24) is 9.55 Å². The zero-order valence-corrected chi connectivity index (χ0v) is 6.55. The van der Waals surface area contributed by atoms with Crippen LogP contribution < -0.4 is 5.56 Å². The summed E-state index contributed by atoms with van der Waals surface area (Å²) in [6.07, 6.45) is 0.721. The van der Waals surface area contributed by atoms with E-state index in [0.29, 0.717) is 0 Å². The molecular weight excluding hydrogens is 185 g/mol. The van der Waals surface area contributed by atoms with Gasteiger partial charge in [0.05, 0.1) is 12.3 Å². The highest BCUT2D eigenvalue weighted by Crippen LogP contribution is 2.00. The Hall–Kier alpha value is -1.41. The zero-order chi connectivity index (χ0) is 9.14. The maximum absolute atomic E-state index is 12.5. The van der Waals surface area contributed by atoms with Crippen molar-refractivity contribution in [2.24, 2.45) is 0 Å². The van der Waals surface area contributed by atoms with Crippen LogP contribution in [0.25, 0.3) is 0 Å². The first-order valence-corrected chi connectivity index (χ1v) is 3.32. The van der Waals surface area contributed by atoms with Crippen molar-refractivity contribution >= 4 is 11.6 Å². The second-order valence-electron chi connectivity index (χ2n) is 1.92. The van der Waals surface area contributed by atoms with Crippen LogP contribution >= 0.6 is 11.6 Å². The van der Waals surface area contributed by atoms with Crippen molar-refractivity contribution in [3.05, 3.63) is 27.7 Å². The third kappa shape index (κ3) is 1.43. The first kappa shape index (κ1) is 8.68. The van der Waals surface area contributed by atoms with E-state index in [2.05, 4.69) is 4.98 Å². The van der Waals surface area contributed by atoms with Crippen molar-refractivity contribution in [1.29, 1.82) is 5.26 Å². The second-order valence-corrected chi connectivity index (χ2v) is 2.26. The lowest BCUT2D eigenvalue weighted by molar-refractivity contribution is 0.572. The van der Waals surface area contributed by atoms with Crippen molar-refractivity contribution in [3.8, 4) is 6.07 Å². The molecule has 0 N–H and O–H groups in total. The number of rotatable bonds is 1. The Kier molecular flexibility index (Phi) is 2.41. The Morgan fingerprint density at radius 1 is 1.83 bits per heavy atom. The number of nitrogens with zero attached hydrogens (tertiary/aromatic N) is 3. The van der Waals surface area contributed by atoms with Crippen LogP contribution in [0.5, 0.6) is 0 Å². The summed E-state index contributed by atoms with van der Waals surface area (Å²) in [5.41, 5.74) is -0.934. The Morgan fingerprint density at radius 3 is 3.08 bits per heavy atom. The fourth-order valence-corrected chi connectivity index (χ4v) is 0.841. The van der Waals surface area contributed by atoms with Crippen molar-refractivity contribution < 1.29 is 4.39 Å². The second kappa shape index (κ2) is 3.32. The zero-order valence-electron chi connectivity index (χ0n) is 5.79. The molecule has 1 heterocycles. The third-order valence-electron chi connectivity index (χ3n) is 1.19. The van der Waals surface area contributed by atoms with Crippen LogP contribution in [0.4, 0.5) is 4.39 Å². The first-order valence-electron chi connectivity index (χ1n) is 2.94. The van der Waals surface area contributed by atoms with E-state index >= 15 is 0 Å². The van der Waals surface area contributed by atoms with Gasteiger partial charge in [-0.05, 0) is 11.6 Å². The summed E-state index contributed by atoms with van der Waals surface area (Å²) in [4.78, 5) is 14.3. The molecule has 0 bridgehead atoms. The van der Waals surface area contributed by atoms with E-state index in [-0.39, 0.29) is 11.8 Å². The molecule has 1 rings (SSSR count). The molecule has 0 aliphatic heterocycles. The highest BCUT2D eigenvalue weighted by Gasteiger charge is 2.06. The van der Waals surface area contributed by atoms with Gasteiger partial charge in [0.15, 0.2) is 0 Å². The molecule has 0 spiro atoms. The number of hydrogen-bond acceptors (Lipinski definition) is 3. The third-order valence-corrected chi connectivity index (χ3v) is 1.49. The summed E-state index contributed by atoms with van der Waals surface area (Å²) in [7, 11) is 0. The van der Waals surface area contributed by atoms with Gasteiger partial charge in [0.25, 0.3) is 5.56 Å². The van der Waals surface area contributed by atoms with Gasteiger partial charge < -0.3 is 0 Å². The van der Waals surface area contributed by atoms with Gasteiger partial charge in [-0.3, -0.25) is 9.36 Å². The Morgan fingerprint density at radius 2 is 2.50 bits per heavy atom. The fourth-order valence-electron chi connectivity index (χ4n) is 0.655. The molecule has 0 aromatic carbocycles. The predicted molar refractivity (Wildman–Crippen MR) is 39.1 cm³/mol. The van der Waals surface area contributed by atoms with E-state index in [1.807, 2.05) is 0 Å². The lowest BCUT2D eigenvalue weighted by Gasteiger charge is -2.00. The molecule has 0 fully saturated rings. The molecule has 12 heavy (non-hydrogen) atoms. The maximum atomic E-state index is 12.5. The maximum Gasteiger partial charge on any atom is 0.291 e. The molecule has 4 nitrogen and oxygen atoms in total. The molecule has 1 aromatic rings. The topological polar surface area (TPSA) is 58.7 Å². The lowest BCUT2D eigenvalue weighted by atomic mass is 10.6. The van der Waals surface area contributed by atoms with Crippen molar-refractivity contribution in [3.63, 3.8) is 0 Å². The van der Waals surface area contributed by atoms with Gasteiger partial charge in [-0.2, -0.15) is 9.65 Å². The van der Waals surface area contributed by atoms with Gasteiger partial charge in [0, 0.05) is 0 Å². The van der Waals surface area contributed by atoms with Crippen LogP contribution in [-0.2, 0) is 6.54 Å². The van der Waals surface area contributed by atoms with Crippen LogP contribution in [0.1, 0.15) is 0 Å². The summed E-state index contributed by atoms with van der Waals surface area (Å²) >= 11 is 5.41. The average Bonchev–Trinajstić information content (AvgIpc) is 2.06. The van der Waals surface area contributed by atoms with Crippen LogP contribution in [0.3, 0.4) is 0 Å². The molecule has 0 saturated heterocycles. The minimum absolute atomic E-state index is 0.192. The number of halogens is 2. The first-order chi connectivity index (χ1) is 5.66. The van der Waals surface area contributed by atoms with Gasteiger partial charge in [0.1, 0.15) is 6.54 Å². The summed E-state index contributed by atoms with van der Waals surface area (Å²) in [6.45, 7) is -0.303. The molecule has 62 valence electrons. The van der Waals surface area contributed by atoms with Crippen LogP contribution in [-0.4, -0.2) is 9.55 Å². The molecule has 0 aliphatic rings. The molecule has 0 saturated carbocycles. The average molecular weight is 188 g/mol. The predicted octanol–water partition coefficient (Wildman–Crippen LogP) is 0.559. The van der Waals surface area contributed by atoms with Gasteiger partial charge >= 0.3 is 0 Å². The van der Waals surface area contributed by atoms with E-state index in [1.165, 1.54) is 0 Å². The van der Waals surface area contributed by atoms with Gasteiger partial charge in [0.2, 0.25) is 11.1 Å². The SMILES string of the molecule is N#CCn1c(Cl)ncc(F)c1=O.